The Kier molecular flexibility index (Phi) is 14.3. The van der Waals surface area contributed by atoms with Gasteiger partial charge >= 0.3 is 0 Å². The van der Waals surface area contributed by atoms with Crippen LogP contribution in [0.15, 0.2) is 28.1 Å². The molecule has 3 heteroatoms. The molecule has 1 aromatic rings. The number of hydrogen-bond acceptors (Lipinski definition) is 2. The van der Waals surface area contributed by atoms with Crippen molar-refractivity contribution in [1.82, 2.24) is 0 Å². The molecule has 0 aliphatic carbocycles. The summed E-state index contributed by atoms with van der Waals surface area (Å²) < 4.78 is 0. The molecule has 0 N–H and O–H groups in total. The van der Waals surface area contributed by atoms with Crippen LogP contribution in [0, 0.1) is 6.92 Å². The summed E-state index contributed by atoms with van der Waals surface area (Å²) in [5.41, 5.74) is 3.03. The first kappa shape index (κ1) is 21.6. The van der Waals surface area contributed by atoms with Crippen LogP contribution >= 0.6 is 23.4 Å². The van der Waals surface area contributed by atoms with E-state index in [-0.39, 0.29) is 0 Å². The zero-order valence-electron chi connectivity index (χ0n) is 13.9. The molecule has 20 heavy (non-hydrogen) atoms. The summed E-state index contributed by atoms with van der Waals surface area (Å²) in [6.07, 6.45) is 0. The van der Waals surface area contributed by atoms with E-state index in [4.69, 9.17) is 11.6 Å². The van der Waals surface area contributed by atoms with Crippen molar-refractivity contribution >= 4 is 35.8 Å². The van der Waals surface area contributed by atoms with Gasteiger partial charge in [0.1, 0.15) is 0 Å². The van der Waals surface area contributed by atoms with Gasteiger partial charge in [0, 0.05) is 15.5 Å². The fraction of sp³-hybridized carbons (Fsp3) is 0.471. The second-order valence-electron chi connectivity index (χ2n) is 3.46. The van der Waals surface area contributed by atoms with Crippen LogP contribution in [0.5, 0.6) is 0 Å². The van der Waals surface area contributed by atoms with E-state index in [1.165, 1.54) is 4.91 Å². The summed E-state index contributed by atoms with van der Waals surface area (Å²) in [4.78, 5) is 5.28. The van der Waals surface area contributed by atoms with E-state index < -0.39 is 0 Å². The minimum Gasteiger partial charge on any atom is -0.263 e. The third-order valence-corrected chi connectivity index (χ3v) is 3.62. The first-order chi connectivity index (χ1) is 9.60. The van der Waals surface area contributed by atoms with E-state index in [1.54, 1.807) is 11.8 Å². The Morgan fingerprint density at radius 2 is 1.80 bits per heavy atom. The molecule has 1 nitrogen and oxygen atoms in total. The van der Waals surface area contributed by atoms with Crippen LogP contribution in [0.3, 0.4) is 0 Å². The first-order valence-corrected chi connectivity index (χ1v) is 8.53. The summed E-state index contributed by atoms with van der Waals surface area (Å²) >= 11 is 7.88. The van der Waals surface area contributed by atoms with Crippen molar-refractivity contribution in [2.75, 3.05) is 5.75 Å². The number of halogens is 1. The predicted molar refractivity (Wildman–Crippen MR) is 99.2 cm³/mol. The van der Waals surface area contributed by atoms with Crippen LogP contribution in [-0.2, 0) is 0 Å². The number of nitrogens with zero attached hydrogens (tertiary/aromatic N) is 1. The minimum atomic E-state index is 0.771. The topological polar surface area (TPSA) is 12.4 Å². The molecule has 1 aromatic carbocycles. The third kappa shape index (κ3) is 7.16. The molecule has 0 aliphatic heterocycles. The second kappa shape index (κ2) is 13.3. The van der Waals surface area contributed by atoms with Crippen LogP contribution in [0.1, 0.15) is 52.7 Å². The zero-order chi connectivity index (χ0) is 16.1. The Morgan fingerprint density at radius 3 is 2.20 bits per heavy atom. The highest BCUT2D eigenvalue weighted by Crippen LogP contribution is 2.29. The fourth-order valence-corrected chi connectivity index (χ4v) is 2.36. The number of rotatable bonds is 4. The molecule has 0 radical (unpaired) electrons. The summed E-state index contributed by atoms with van der Waals surface area (Å²) in [5, 5.41) is 0.771. The average Bonchev–Trinajstić information content (AvgIpc) is 2.48. The van der Waals surface area contributed by atoms with Crippen LogP contribution in [-0.4, -0.2) is 12.5 Å². The molecule has 0 unspecified atom stereocenters. The smallest absolute Gasteiger partial charge is 0.0787 e. The van der Waals surface area contributed by atoms with Crippen LogP contribution in [0.25, 0.3) is 5.70 Å². The number of aryl methyl sites for hydroxylation is 1. The highest BCUT2D eigenvalue weighted by molar-refractivity contribution is 8.03. The Labute approximate surface area is 134 Å². The summed E-state index contributed by atoms with van der Waals surface area (Å²) in [6, 6.07) is 5.98. The SMILES string of the molecule is C=N/C(=C(/C)SCC)c1ccc(C)c(Cl)c1.CC.CC. The van der Waals surface area contributed by atoms with Gasteiger partial charge in [-0.2, -0.15) is 0 Å². The first-order valence-electron chi connectivity index (χ1n) is 7.17. The molecule has 0 bridgehead atoms. The Balaban J connectivity index is 0. The summed E-state index contributed by atoms with van der Waals surface area (Å²) in [5.74, 6) is 1.03. The molecule has 0 aliphatic rings. The van der Waals surface area contributed by atoms with Crippen molar-refractivity contribution < 1.29 is 0 Å². The molecule has 0 heterocycles. The Morgan fingerprint density at radius 1 is 1.25 bits per heavy atom. The Hall–Kier alpha value is -0.730. The van der Waals surface area contributed by atoms with E-state index in [0.717, 1.165) is 27.6 Å². The largest absolute Gasteiger partial charge is 0.263 e. The van der Waals surface area contributed by atoms with Gasteiger partial charge in [-0.25, -0.2) is 0 Å². The van der Waals surface area contributed by atoms with Gasteiger partial charge < -0.3 is 0 Å². The molecule has 0 saturated heterocycles. The van der Waals surface area contributed by atoms with Gasteiger partial charge in [-0.1, -0.05) is 58.4 Å². The maximum absolute atomic E-state index is 6.11. The van der Waals surface area contributed by atoms with Crippen molar-refractivity contribution in [1.29, 1.82) is 0 Å². The average molecular weight is 314 g/mol. The molecule has 0 atom stereocenters. The number of allylic oxidation sites excluding steroid dienone is 1. The van der Waals surface area contributed by atoms with Crippen molar-refractivity contribution in [2.45, 2.75) is 48.5 Å². The minimum absolute atomic E-state index is 0.771. The number of aliphatic imine (C=N–C) groups is 1. The molecule has 0 aromatic heterocycles. The molecule has 0 saturated carbocycles. The lowest BCUT2D eigenvalue weighted by Gasteiger charge is -2.08. The van der Waals surface area contributed by atoms with E-state index >= 15 is 0 Å². The van der Waals surface area contributed by atoms with E-state index in [1.807, 2.05) is 52.8 Å². The molecule has 1 rings (SSSR count). The quantitative estimate of drug-likeness (QED) is 0.554. The van der Waals surface area contributed by atoms with Gasteiger partial charge in [0.15, 0.2) is 0 Å². The van der Waals surface area contributed by atoms with Crippen molar-refractivity contribution in [3.8, 4) is 0 Å². The number of hydrogen-bond donors (Lipinski definition) is 0. The molecule has 0 amide bonds. The lowest BCUT2D eigenvalue weighted by atomic mass is 10.1. The van der Waals surface area contributed by atoms with Gasteiger partial charge in [0.25, 0.3) is 0 Å². The maximum Gasteiger partial charge on any atom is 0.0787 e. The standard InChI is InChI=1S/C13H16ClNS.2C2H6/c1-5-16-10(3)13(15-4)11-7-6-9(2)12(14)8-11;2*1-2/h6-8H,4-5H2,1-3H3;2*1-2H3/b13-10-;;. The normalized spacial score (nSPS) is 10.4. The van der Waals surface area contributed by atoms with Crippen molar-refractivity contribution in [3.63, 3.8) is 0 Å². The van der Waals surface area contributed by atoms with Gasteiger partial charge in [0.05, 0.1) is 5.70 Å². The molecular weight excluding hydrogens is 286 g/mol. The zero-order valence-corrected chi connectivity index (χ0v) is 15.5. The maximum atomic E-state index is 6.11. The molecule has 114 valence electrons. The predicted octanol–water partition coefficient (Wildman–Crippen LogP) is 6.84. The van der Waals surface area contributed by atoms with Gasteiger partial charge in [-0.05, 0) is 37.9 Å². The van der Waals surface area contributed by atoms with Crippen molar-refractivity contribution in [2.24, 2.45) is 4.99 Å². The molecule has 0 spiro atoms. The monoisotopic (exact) mass is 313 g/mol. The van der Waals surface area contributed by atoms with Gasteiger partial charge in [0.2, 0.25) is 0 Å². The molecule has 0 fully saturated rings. The lowest BCUT2D eigenvalue weighted by molar-refractivity contribution is 1.42. The van der Waals surface area contributed by atoms with Gasteiger partial charge in [-0.3, -0.25) is 4.99 Å². The lowest BCUT2D eigenvalue weighted by Crippen LogP contribution is -1.86. The van der Waals surface area contributed by atoms with Crippen LogP contribution < -0.4 is 0 Å². The second-order valence-corrected chi connectivity index (χ2v) is 5.35. The van der Waals surface area contributed by atoms with E-state index in [9.17, 15) is 0 Å². The van der Waals surface area contributed by atoms with Gasteiger partial charge in [-0.15, -0.1) is 11.8 Å². The van der Waals surface area contributed by atoms with E-state index in [2.05, 4.69) is 25.6 Å². The number of benzene rings is 1. The Bertz CT molecular complexity index is 425. The molecular formula is C17H28ClNS. The highest BCUT2D eigenvalue weighted by Gasteiger charge is 2.06. The summed E-state index contributed by atoms with van der Waals surface area (Å²) in [6.45, 7) is 17.8. The third-order valence-electron chi connectivity index (χ3n) is 2.30. The van der Waals surface area contributed by atoms with Crippen LogP contribution in [0.2, 0.25) is 5.02 Å². The van der Waals surface area contributed by atoms with Crippen LogP contribution in [0.4, 0.5) is 0 Å². The van der Waals surface area contributed by atoms with E-state index in [0.29, 0.717) is 0 Å². The highest BCUT2D eigenvalue weighted by atomic mass is 35.5. The summed E-state index contributed by atoms with van der Waals surface area (Å²) in [7, 11) is 0. The van der Waals surface area contributed by atoms with Crippen molar-refractivity contribution in [3.05, 3.63) is 39.3 Å². The fourth-order valence-electron chi connectivity index (χ4n) is 1.43. The number of thioether (sulfide) groups is 1.